The Balaban J connectivity index is 2.10. The van der Waals surface area contributed by atoms with E-state index in [0.717, 1.165) is 17.9 Å². The molecule has 0 bridgehead atoms. The van der Waals surface area contributed by atoms with E-state index in [1.165, 1.54) is 10.5 Å². The third kappa shape index (κ3) is 3.70. The molecule has 2 rings (SSSR count). The summed E-state index contributed by atoms with van der Waals surface area (Å²) in [7, 11) is 1.69. The van der Waals surface area contributed by atoms with Crippen molar-refractivity contribution in [3.05, 3.63) is 54.1 Å². The maximum absolute atomic E-state index is 5.20. The van der Waals surface area contributed by atoms with Crippen LogP contribution in [0.4, 0.5) is 5.69 Å². The Bertz CT molecular complexity index is 522. The van der Waals surface area contributed by atoms with Crippen molar-refractivity contribution in [1.29, 1.82) is 0 Å². The number of hydrogen-bond donors (Lipinski definition) is 1. The van der Waals surface area contributed by atoms with Gasteiger partial charge in [0.1, 0.15) is 5.75 Å². The quantitative estimate of drug-likeness (QED) is 0.757. The Morgan fingerprint density at radius 3 is 2.20 bits per heavy atom. The first-order chi connectivity index (χ1) is 9.76. The van der Waals surface area contributed by atoms with Crippen LogP contribution in [0.3, 0.4) is 0 Å². The van der Waals surface area contributed by atoms with Crippen LogP contribution < -0.4 is 10.1 Å². The molecule has 0 heterocycles. The summed E-state index contributed by atoms with van der Waals surface area (Å²) in [6, 6.07) is 17.2. The molecule has 2 aromatic carbocycles. The number of anilines is 1. The third-order valence-electron chi connectivity index (χ3n) is 3.36. The van der Waals surface area contributed by atoms with Crippen LogP contribution in [0.5, 0.6) is 5.75 Å². The Morgan fingerprint density at radius 2 is 1.70 bits per heavy atom. The normalized spacial score (nSPS) is 11.9. The Morgan fingerprint density at radius 1 is 1.05 bits per heavy atom. The highest BCUT2D eigenvalue weighted by molar-refractivity contribution is 7.98. The van der Waals surface area contributed by atoms with Crippen LogP contribution in [0.1, 0.15) is 24.9 Å². The molecule has 0 aliphatic rings. The fourth-order valence-electron chi connectivity index (χ4n) is 2.15. The largest absolute Gasteiger partial charge is 0.497 e. The molecule has 20 heavy (non-hydrogen) atoms. The molecule has 0 unspecified atom stereocenters. The second-order valence-electron chi connectivity index (χ2n) is 4.61. The van der Waals surface area contributed by atoms with Gasteiger partial charge in [-0.2, -0.15) is 0 Å². The van der Waals surface area contributed by atoms with Crippen molar-refractivity contribution in [2.75, 3.05) is 18.7 Å². The summed E-state index contributed by atoms with van der Waals surface area (Å²) in [5.41, 5.74) is 2.44. The van der Waals surface area contributed by atoms with Gasteiger partial charge in [0.05, 0.1) is 13.2 Å². The van der Waals surface area contributed by atoms with Crippen LogP contribution in [0, 0.1) is 0 Å². The highest BCUT2D eigenvalue weighted by Gasteiger charge is 2.09. The maximum atomic E-state index is 5.20. The minimum absolute atomic E-state index is 0.320. The van der Waals surface area contributed by atoms with Crippen molar-refractivity contribution in [1.82, 2.24) is 0 Å². The molecular weight excluding hydrogens is 266 g/mol. The lowest BCUT2D eigenvalue weighted by Gasteiger charge is -2.19. The van der Waals surface area contributed by atoms with E-state index < -0.39 is 0 Å². The van der Waals surface area contributed by atoms with Crippen molar-refractivity contribution in [3.8, 4) is 5.75 Å². The Labute approximate surface area is 125 Å². The van der Waals surface area contributed by atoms with Crippen LogP contribution >= 0.6 is 11.8 Å². The minimum Gasteiger partial charge on any atom is -0.497 e. The molecule has 0 saturated carbocycles. The van der Waals surface area contributed by atoms with Crippen LogP contribution in [0.15, 0.2) is 53.4 Å². The summed E-state index contributed by atoms with van der Waals surface area (Å²) < 4.78 is 5.20. The summed E-state index contributed by atoms with van der Waals surface area (Å²) in [6.45, 7) is 2.19. The van der Waals surface area contributed by atoms with E-state index in [-0.39, 0.29) is 0 Å². The van der Waals surface area contributed by atoms with E-state index in [2.05, 4.69) is 54.9 Å². The highest BCUT2D eigenvalue weighted by atomic mass is 32.2. The molecule has 0 aliphatic carbocycles. The van der Waals surface area contributed by atoms with E-state index >= 15 is 0 Å². The molecule has 2 aromatic rings. The van der Waals surface area contributed by atoms with Crippen LogP contribution in [-0.4, -0.2) is 13.4 Å². The van der Waals surface area contributed by atoms with Gasteiger partial charge >= 0.3 is 0 Å². The lowest BCUT2D eigenvalue weighted by atomic mass is 10.0. The molecule has 0 saturated heterocycles. The van der Waals surface area contributed by atoms with E-state index in [1.54, 1.807) is 18.9 Å². The number of ether oxygens (including phenoxy) is 1. The molecule has 1 N–H and O–H groups in total. The second kappa shape index (κ2) is 7.25. The Kier molecular flexibility index (Phi) is 5.36. The number of benzene rings is 2. The van der Waals surface area contributed by atoms with Gasteiger partial charge in [-0.1, -0.05) is 19.1 Å². The molecule has 0 amide bonds. The molecule has 2 nitrogen and oxygen atoms in total. The topological polar surface area (TPSA) is 21.3 Å². The van der Waals surface area contributed by atoms with Gasteiger partial charge in [-0.15, -0.1) is 11.8 Å². The zero-order chi connectivity index (χ0) is 14.4. The van der Waals surface area contributed by atoms with E-state index in [1.807, 2.05) is 12.1 Å². The SMILES string of the molecule is CC[C@H](Nc1ccc(SC)cc1)c1ccc(OC)cc1. The van der Waals surface area contributed by atoms with Crippen molar-refractivity contribution < 1.29 is 4.74 Å². The van der Waals surface area contributed by atoms with Crippen LogP contribution in [-0.2, 0) is 0 Å². The number of rotatable bonds is 6. The summed E-state index contributed by atoms with van der Waals surface area (Å²) in [6.07, 6.45) is 3.13. The van der Waals surface area contributed by atoms with Gasteiger partial charge in [0.25, 0.3) is 0 Å². The monoisotopic (exact) mass is 287 g/mol. The van der Waals surface area contributed by atoms with Crippen molar-refractivity contribution in [2.45, 2.75) is 24.3 Å². The smallest absolute Gasteiger partial charge is 0.118 e. The first-order valence-electron chi connectivity index (χ1n) is 6.81. The minimum atomic E-state index is 0.320. The standard InChI is InChI=1S/C17H21NOS/c1-4-17(13-5-9-15(19-2)10-6-13)18-14-7-11-16(20-3)12-8-14/h5-12,17-18H,4H2,1-3H3/t17-/m0/s1. The van der Waals surface area contributed by atoms with Crippen molar-refractivity contribution in [3.63, 3.8) is 0 Å². The molecular formula is C17H21NOS. The van der Waals surface area contributed by atoms with E-state index in [0.29, 0.717) is 6.04 Å². The lowest BCUT2D eigenvalue weighted by Crippen LogP contribution is -2.09. The summed E-state index contributed by atoms with van der Waals surface area (Å²) in [5.74, 6) is 0.896. The van der Waals surface area contributed by atoms with Crippen LogP contribution in [0.2, 0.25) is 0 Å². The summed E-state index contributed by atoms with van der Waals surface area (Å²) >= 11 is 1.76. The zero-order valence-electron chi connectivity index (χ0n) is 12.2. The van der Waals surface area contributed by atoms with Gasteiger partial charge in [0.15, 0.2) is 0 Å². The molecule has 106 valence electrons. The first-order valence-corrected chi connectivity index (χ1v) is 8.03. The zero-order valence-corrected chi connectivity index (χ0v) is 13.0. The summed E-state index contributed by atoms with van der Waals surface area (Å²) in [5, 5.41) is 3.58. The van der Waals surface area contributed by atoms with Gasteiger partial charge < -0.3 is 10.1 Å². The first kappa shape index (κ1) is 14.8. The van der Waals surface area contributed by atoms with Gasteiger partial charge in [-0.05, 0) is 54.6 Å². The fraction of sp³-hybridized carbons (Fsp3) is 0.294. The third-order valence-corrected chi connectivity index (χ3v) is 4.10. The lowest BCUT2D eigenvalue weighted by molar-refractivity contribution is 0.414. The molecule has 3 heteroatoms. The second-order valence-corrected chi connectivity index (χ2v) is 5.49. The van der Waals surface area contributed by atoms with Gasteiger partial charge in [0, 0.05) is 10.6 Å². The molecule has 1 atom stereocenters. The predicted octanol–water partition coefficient (Wildman–Crippen LogP) is 4.98. The fourth-order valence-corrected chi connectivity index (χ4v) is 2.55. The molecule has 0 aromatic heterocycles. The van der Waals surface area contributed by atoms with E-state index in [9.17, 15) is 0 Å². The van der Waals surface area contributed by atoms with Crippen molar-refractivity contribution >= 4 is 17.4 Å². The average Bonchev–Trinajstić information content (AvgIpc) is 2.53. The highest BCUT2D eigenvalue weighted by Crippen LogP contribution is 2.25. The Hall–Kier alpha value is -1.61. The number of nitrogens with one attached hydrogen (secondary N) is 1. The molecule has 0 spiro atoms. The molecule has 0 radical (unpaired) electrons. The molecule has 0 aliphatic heterocycles. The predicted molar refractivity (Wildman–Crippen MR) is 87.9 cm³/mol. The number of hydrogen-bond acceptors (Lipinski definition) is 3. The van der Waals surface area contributed by atoms with Gasteiger partial charge in [-0.3, -0.25) is 0 Å². The van der Waals surface area contributed by atoms with Crippen molar-refractivity contribution in [2.24, 2.45) is 0 Å². The maximum Gasteiger partial charge on any atom is 0.118 e. The number of methoxy groups -OCH3 is 1. The summed E-state index contributed by atoms with van der Waals surface area (Å²) in [4.78, 5) is 1.29. The van der Waals surface area contributed by atoms with Gasteiger partial charge in [-0.25, -0.2) is 0 Å². The van der Waals surface area contributed by atoms with E-state index in [4.69, 9.17) is 4.74 Å². The number of thioether (sulfide) groups is 1. The van der Waals surface area contributed by atoms with Gasteiger partial charge in [0.2, 0.25) is 0 Å². The average molecular weight is 287 g/mol. The van der Waals surface area contributed by atoms with Crippen LogP contribution in [0.25, 0.3) is 0 Å². The molecule has 0 fully saturated rings.